The molecule has 1 N–H and O–H groups in total. The van der Waals surface area contributed by atoms with Gasteiger partial charge in [0.25, 0.3) is 10.0 Å². The maximum atomic E-state index is 13.0. The Balaban J connectivity index is 1.90. The number of aromatic nitrogens is 2. The van der Waals surface area contributed by atoms with Gasteiger partial charge in [-0.05, 0) is 37.6 Å². The van der Waals surface area contributed by atoms with Crippen molar-refractivity contribution in [3.8, 4) is 0 Å². The van der Waals surface area contributed by atoms with Crippen LogP contribution in [0.3, 0.4) is 0 Å². The number of nitrogens with one attached hydrogen (secondary N) is 1. The predicted molar refractivity (Wildman–Crippen MR) is 89.9 cm³/mol. The highest BCUT2D eigenvalue weighted by Gasteiger charge is 2.42. The molecule has 0 spiro atoms. The lowest BCUT2D eigenvalue weighted by Gasteiger charge is -2.26. The molecule has 0 radical (unpaired) electrons. The molecule has 1 saturated heterocycles. The van der Waals surface area contributed by atoms with Crippen molar-refractivity contribution in [2.45, 2.75) is 57.5 Å². The van der Waals surface area contributed by atoms with Gasteiger partial charge >= 0.3 is 0 Å². The zero-order valence-electron chi connectivity index (χ0n) is 14.6. The average molecular weight is 340 g/mol. The van der Waals surface area contributed by atoms with E-state index in [0.717, 1.165) is 56.6 Å². The Hall–Kier alpha value is -0.920. The third-order valence-electron chi connectivity index (χ3n) is 5.28. The standard InChI is InChI=1S/C16H28N4O2S/c1-5-20-10-14(16(2,3)11-20)18-23(21,22)15-12-8-6-7-9-13(12)17-19(15)4/h14,18H,5-11H2,1-4H3. The second kappa shape index (κ2) is 5.86. The molecule has 0 bridgehead atoms. The number of aryl methyl sites for hydroxylation is 2. The zero-order chi connectivity index (χ0) is 16.8. The van der Waals surface area contributed by atoms with E-state index in [1.807, 2.05) is 0 Å². The lowest BCUT2D eigenvalue weighted by atomic mass is 9.89. The minimum atomic E-state index is -3.55. The monoisotopic (exact) mass is 340 g/mol. The number of rotatable bonds is 4. The number of likely N-dealkylation sites (tertiary alicyclic amines) is 1. The highest BCUT2D eigenvalue weighted by Crippen LogP contribution is 2.32. The van der Waals surface area contributed by atoms with Gasteiger partial charge in [0.15, 0.2) is 5.03 Å². The molecule has 1 aliphatic heterocycles. The fourth-order valence-electron chi connectivity index (χ4n) is 3.93. The summed E-state index contributed by atoms with van der Waals surface area (Å²) < 4.78 is 30.6. The quantitative estimate of drug-likeness (QED) is 0.897. The van der Waals surface area contributed by atoms with Crippen LogP contribution in [0.15, 0.2) is 5.03 Å². The number of hydrogen-bond donors (Lipinski definition) is 1. The van der Waals surface area contributed by atoms with E-state index >= 15 is 0 Å². The highest BCUT2D eigenvalue weighted by molar-refractivity contribution is 7.89. The number of fused-ring (bicyclic) bond motifs is 1. The van der Waals surface area contributed by atoms with Crippen molar-refractivity contribution < 1.29 is 8.42 Å². The summed E-state index contributed by atoms with van der Waals surface area (Å²) in [5, 5.41) is 4.82. The van der Waals surface area contributed by atoms with E-state index in [9.17, 15) is 8.42 Å². The van der Waals surface area contributed by atoms with Gasteiger partial charge in [-0.3, -0.25) is 4.68 Å². The molecule has 1 unspecified atom stereocenters. The molecule has 0 amide bonds. The Labute approximate surface area is 139 Å². The molecule has 1 aromatic heterocycles. The summed E-state index contributed by atoms with van der Waals surface area (Å²) in [6, 6.07) is -0.0680. The molecule has 6 nitrogen and oxygen atoms in total. The maximum Gasteiger partial charge on any atom is 0.258 e. The lowest BCUT2D eigenvalue weighted by Crippen LogP contribution is -2.45. The van der Waals surface area contributed by atoms with Gasteiger partial charge < -0.3 is 4.90 Å². The van der Waals surface area contributed by atoms with Gasteiger partial charge in [0.1, 0.15) is 0 Å². The summed E-state index contributed by atoms with van der Waals surface area (Å²) in [5.41, 5.74) is 1.82. The summed E-state index contributed by atoms with van der Waals surface area (Å²) in [6.45, 7) is 9.01. The van der Waals surface area contributed by atoms with E-state index in [1.54, 1.807) is 11.7 Å². The molecule has 2 heterocycles. The van der Waals surface area contributed by atoms with Crippen LogP contribution < -0.4 is 4.72 Å². The summed E-state index contributed by atoms with van der Waals surface area (Å²) >= 11 is 0. The maximum absolute atomic E-state index is 13.0. The molecular weight excluding hydrogens is 312 g/mol. The number of hydrogen-bond acceptors (Lipinski definition) is 4. The van der Waals surface area contributed by atoms with Crippen molar-refractivity contribution in [3.63, 3.8) is 0 Å². The smallest absolute Gasteiger partial charge is 0.258 e. The van der Waals surface area contributed by atoms with Crippen molar-refractivity contribution in [1.82, 2.24) is 19.4 Å². The number of nitrogens with zero attached hydrogens (tertiary/aromatic N) is 3. The third kappa shape index (κ3) is 3.06. The molecule has 23 heavy (non-hydrogen) atoms. The van der Waals surface area contributed by atoms with Crippen LogP contribution >= 0.6 is 0 Å². The molecule has 0 saturated carbocycles. The largest absolute Gasteiger partial charge is 0.301 e. The predicted octanol–water partition coefficient (Wildman–Crippen LogP) is 1.31. The Bertz CT molecular complexity index is 693. The molecule has 0 aromatic carbocycles. The fourth-order valence-corrected chi connectivity index (χ4v) is 5.74. The first-order valence-corrected chi connectivity index (χ1v) is 10.0. The van der Waals surface area contributed by atoms with Gasteiger partial charge in [-0.2, -0.15) is 5.10 Å². The van der Waals surface area contributed by atoms with E-state index in [2.05, 4.69) is 35.5 Å². The molecule has 1 fully saturated rings. The summed E-state index contributed by atoms with van der Waals surface area (Å²) in [6.07, 6.45) is 3.84. The van der Waals surface area contributed by atoms with Crippen LogP contribution in [0, 0.1) is 5.41 Å². The zero-order valence-corrected chi connectivity index (χ0v) is 15.4. The molecular formula is C16H28N4O2S. The van der Waals surface area contributed by atoms with Gasteiger partial charge in [-0.15, -0.1) is 0 Å². The second-order valence-electron chi connectivity index (χ2n) is 7.55. The number of likely N-dealkylation sites (N-methyl/N-ethyl adjacent to an activating group) is 1. The van der Waals surface area contributed by atoms with Crippen LogP contribution in [0.25, 0.3) is 0 Å². The van der Waals surface area contributed by atoms with E-state index in [4.69, 9.17) is 0 Å². The first-order valence-electron chi connectivity index (χ1n) is 8.54. The number of sulfonamides is 1. The Kier molecular flexibility index (Phi) is 4.31. The van der Waals surface area contributed by atoms with Gasteiger partial charge in [0, 0.05) is 31.7 Å². The molecule has 3 rings (SSSR count). The van der Waals surface area contributed by atoms with Crippen LogP contribution in [-0.2, 0) is 29.9 Å². The van der Waals surface area contributed by atoms with E-state index < -0.39 is 10.0 Å². The normalized spacial score (nSPS) is 24.8. The van der Waals surface area contributed by atoms with Crippen LogP contribution in [0.4, 0.5) is 0 Å². The minimum Gasteiger partial charge on any atom is -0.301 e. The van der Waals surface area contributed by atoms with Gasteiger partial charge in [-0.25, -0.2) is 13.1 Å². The molecule has 1 aliphatic carbocycles. The first kappa shape index (κ1) is 16.9. The van der Waals surface area contributed by atoms with E-state index in [-0.39, 0.29) is 11.5 Å². The fraction of sp³-hybridized carbons (Fsp3) is 0.812. The SMILES string of the molecule is CCN1CC(NS(=O)(=O)c2c3c(nn2C)CCCC3)C(C)(C)C1. The van der Waals surface area contributed by atoms with Crippen LogP contribution in [-0.4, -0.2) is 48.8 Å². The van der Waals surface area contributed by atoms with Crippen molar-refractivity contribution >= 4 is 10.0 Å². The summed E-state index contributed by atoms with van der Waals surface area (Å²) in [5.74, 6) is 0. The molecule has 130 valence electrons. The van der Waals surface area contributed by atoms with Gasteiger partial charge in [-0.1, -0.05) is 20.8 Å². The van der Waals surface area contributed by atoms with Crippen molar-refractivity contribution in [2.24, 2.45) is 12.5 Å². The van der Waals surface area contributed by atoms with Crippen LogP contribution in [0.2, 0.25) is 0 Å². The first-order chi connectivity index (χ1) is 10.7. The molecule has 1 atom stereocenters. The topological polar surface area (TPSA) is 67.2 Å². The van der Waals surface area contributed by atoms with E-state index in [1.165, 1.54) is 0 Å². The average Bonchev–Trinajstić information content (AvgIpc) is 2.94. The molecule has 7 heteroatoms. The lowest BCUT2D eigenvalue weighted by molar-refractivity contribution is 0.295. The van der Waals surface area contributed by atoms with Gasteiger partial charge in [0.05, 0.1) is 5.69 Å². The van der Waals surface area contributed by atoms with Crippen molar-refractivity contribution in [1.29, 1.82) is 0 Å². The Morgan fingerprint density at radius 2 is 2.00 bits per heavy atom. The van der Waals surface area contributed by atoms with Crippen LogP contribution in [0.1, 0.15) is 44.9 Å². The molecule has 1 aromatic rings. The van der Waals surface area contributed by atoms with E-state index in [0.29, 0.717) is 5.03 Å². The van der Waals surface area contributed by atoms with Crippen molar-refractivity contribution in [2.75, 3.05) is 19.6 Å². The van der Waals surface area contributed by atoms with Gasteiger partial charge in [0.2, 0.25) is 0 Å². The Morgan fingerprint density at radius 3 is 2.65 bits per heavy atom. The third-order valence-corrected chi connectivity index (χ3v) is 6.89. The second-order valence-corrected chi connectivity index (χ2v) is 9.18. The summed E-state index contributed by atoms with van der Waals surface area (Å²) in [4.78, 5) is 2.30. The summed E-state index contributed by atoms with van der Waals surface area (Å²) in [7, 11) is -1.81. The molecule has 2 aliphatic rings. The minimum absolute atomic E-state index is 0.0677. The van der Waals surface area contributed by atoms with Crippen LogP contribution in [0.5, 0.6) is 0 Å². The highest BCUT2D eigenvalue weighted by atomic mass is 32.2. The van der Waals surface area contributed by atoms with Crippen molar-refractivity contribution in [3.05, 3.63) is 11.3 Å². The Morgan fingerprint density at radius 1 is 1.30 bits per heavy atom.